The van der Waals surface area contributed by atoms with Crippen LogP contribution in [0.1, 0.15) is 17.5 Å². The van der Waals surface area contributed by atoms with E-state index in [1.165, 1.54) is 12.0 Å². The molecule has 0 spiro atoms. The van der Waals surface area contributed by atoms with Crippen molar-refractivity contribution in [3.8, 4) is 0 Å². The lowest BCUT2D eigenvalue weighted by molar-refractivity contribution is 0.305. The topological polar surface area (TPSA) is 30.3 Å². The van der Waals surface area contributed by atoms with Crippen LogP contribution in [0.15, 0.2) is 24.3 Å². The predicted molar refractivity (Wildman–Crippen MR) is 64.7 cm³/mol. The number of likely N-dealkylation sites (N-methyl/N-ethyl adjacent to an activating group) is 1. The zero-order valence-corrected chi connectivity index (χ0v) is 9.61. The summed E-state index contributed by atoms with van der Waals surface area (Å²) in [7, 11) is 2.16. The van der Waals surface area contributed by atoms with E-state index in [1.807, 2.05) is 6.07 Å². The molecule has 3 nitrogen and oxygen atoms in total. The van der Waals surface area contributed by atoms with Gasteiger partial charge in [-0.05, 0) is 25.6 Å². The quantitative estimate of drug-likeness (QED) is 0.770. The lowest BCUT2D eigenvalue weighted by Gasteiger charge is -2.25. The van der Waals surface area contributed by atoms with Crippen molar-refractivity contribution in [3.05, 3.63) is 35.4 Å². The fraction of sp³-hybridized carbons (Fsp3) is 0.462. The van der Waals surface area contributed by atoms with Gasteiger partial charge in [-0.25, -0.2) is 0 Å². The number of fused-ring (bicyclic) bond motifs is 1. The fourth-order valence-corrected chi connectivity index (χ4v) is 2.78. The number of nitrogens with zero attached hydrogens (tertiary/aromatic N) is 2. The summed E-state index contributed by atoms with van der Waals surface area (Å²) >= 11 is 0. The van der Waals surface area contributed by atoms with Crippen LogP contribution in [0, 0.1) is 5.41 Å². The van der Waals surface area contributed by atoms with Gasteiger partial charge in [0.25, 0.3) is 0 Å². The molecule has 84 valence electrons. The molecule has 16 heavy (non-hydrogen) atoms. The van der Waals surface area contributed by atoms with E-state index in [2.05, 4.69) is 35.0 Å². The average molecular weight is 215 g/mol. The van der Waals surface area contributed by atoms with E-state index in [0.29, 0.717) is 6.04 Å². The fourth-order valence-electron chi connectivity index (χ4n) is 2.78. The van der Waals surface area contributed by atoms with Crippen LogP contribution in [-0.4, -0.2) is 41.8 Å². The second-order valence-electron chi connectivity index (χ2n) is 4.84. The highest BCUT2D eigenvalue weighted by Crippen LogP contribution is 2.27. The van der Waals surface area contributed by atoms with Crippen molar-refractivity contribution in [2.45, 2.75) is 19.0 Å². The van der Waals surface area contributed by atoms with Crippen molar-refractivity contribution in [2.24, 2.45) is 0 Å². The summed E-state index contributed by atoms with van der Waals surface area (Å²) in [5.74, 6) is 0.718. The van der Waals surface area contributed by atoms with Crippen molar-refractivity contribution < 1.29 is 0 Å². The standard InChI is InChI=1S/C13H17N3/c1-15-7-6-11(9-15)16-8-10-4-2-3-5-12(10)13(16)14/h2-5,11,14H,6-9H2,1H3. The molecular weight excluding hydrogens is 198 g/mol. The van der Waals surface area contributed by atoms with Crippen molar-refractivity contribution in [1.82, 2.24) is 9.80 Å². The molecule has 3 heteroatoms. The maximum absolute atomic E-state index is 8.23. The normalized spacial score (nSPS) is 25.2. The molecular formula is C13H17N3. The molecule has 0 saturated carbocycles. The first-order valence-electron chi connectivity index (χ1n) is 5.88. The molecule has 2 aliphatic heterocycles. The van der Waals surface area contributed by atoms with Gasteiger partial charge in [0.2, 0.25) is 0 Å². The summed E-state index contributed by atoms with van der Waals surface area (Å²) < 4.78 is 0. The van der Waals surface area contributed by atoms with E-state index in [0.717, 1.165) is 31.0 Å². The minimum Gasteiger partial charge on any atom is -0.348 e. The van der Waals surface area contributed by atoms with Crippen molar-refractivity contribution in [3.63, 3.8) is 0 Å². The predicted octanol–water partition coefficient (Wildman–Crippen LogP) is 1.53. The Morgan fingerprint density at radius 3 is 2.81 bits per heavy atom. The molecule has 0 aliphatic carbocycles. The summed E-state index contributed by atoms with van der Waals surface area (Å²) in [6.07, 6.45) is 1.19. The minimum atomic E-state index is 0.532. The highest BCUT2D eigenvalue weighted by atomic mass is 15.3. The molecule has 1 unspecified atom stereocenters. The molecule has 0 amide bonds. The molecule has 1 aromatic rings. The zero-order chi connectivity index (χ0) is 11.1. The van der Waals surface area contributed by atoms with Gasteiger partial charge in [-0.1, -0.05) is 24.3 Å². The molecule has 0 radical (unpaired) electrons. The first-order valence-corrected chi connectivity index (χ1v) is 5.88. The van der Waals surface area contributed by atoms with E-state index < -0.39 is 0 Å². The average Bonchev–Trinajstić information content (AvgIpc) is 2.84. The highest BCUT2D eigenvalue weighted by molar-refractivity contribution is 6.00. The van der Waals surface area contributed by atoms with Gasteiger partial charge < -0.3 is 9.80 Å². The van der Waals surface area contributed by atoms with E-state index in [-0.39, 0.29) is 0 Å². The maximum Gasteiger partial charge on any atom is 0.129 e. The van der Waals surface area contributed by atoms with Crippen molar-refractivity contribution >= 4 is 5.84 Å². The summed E-state index contributed by atoms with van der Waals surface area (Å²) in [5, 5.41) is 8.23. The largest absolute Gasteiger partial charge is 0.348 e. The third-order valence-corrected chi connectivity index (χ3v) is 3.71. The van der Waals surface area contributed by atoms with E-state index >= 15 is 0 Å². The first kappa shape index (κ1) is 9.85. The number of nitrogens with one attached hydrogen (secondary N) is 1. The number of hydrogen-bond acceptors (Lipinski definition) is 2. The van der Waals surface area contributed by atoms with Gasteiger partial charge in [-0.15, -0.1) is 0 Å². The van der Waals surface area contributed by atoms with Gasteiger partial charge in [-0.2, -0.15) is 0 Å². The molecule has 0 bridgehead atoms. The summed E-state index contributed by atoms with van der Waals surface area (Å²) in [6, 6.07) is 8.83. The number of amidine groups is 1. The molecule has 1 fully saturated rings. The summed E-state index contributed by atoms with van der Waals surface area (Å²) in [4.78, 5) is 4.61. The second-order valence-corrected chi connectivity index (χ2v) is 4.84. The monoisotopic (exact) mass is 215 g/mol. The first-order chi connectivity index (χ1) is 7.75. The van der Waals surface area contributed by atoms with Gasteiger partial charge >= 0.3 is 0 Å². The zero-order valence-electron chi connectivity index (χ0n) is 9.61. The minimum absolute atomic E-state index is 0.532. The van der Waals surface area contributed by atoms with Gasteiger partial charge in [-0.3, -0.25) is 5.41 Å². The van der Waals surface area contributed by atoms with E-state index in [4.69, 9.17) is 5.41 Å². The highest BCUT2D eigenvalue weighted by Gasteiger charge is 2.32. The van der Waals surface area contributed by atoms with Crippen LogP contribution in [0.25, 0.3) is 0 Å². The van der Waals surface area contributed by atoms with Crippen molar-refractivity contribution in [1.29, 1.82) is 5.41 Å². The van der Waals surface area contributed by atoms with Crippen LogP contribution in [0.3, 0.4) is 0 Å². The lowest BCUT2D eigenvalue weighted by Crippen LogP contribution is -2.37. The Balaban J connectivity index is 1.84. The Hall–Kier alpha value is -1.35. The smallest absolute Gasteiger partial charge is 0.129 e. The molecule has 0 aromatic heterocycles. The lowest BCUT2D eigenvalue weighted by atomic mass is 10.1. The number of benzene rings is 1. The summed E-state index contributed by atoms with van der Waals surface area (Å²) in [5.41, 5.74) is 2.43. The molecule has 2 heterocycles. The Labute approximate surface area is 96.2 Å². The maximum atomic E-state index is 8.23. The SMILES string of the molecule is CN1CCC(N2Cc3ccccc3C2=N)C1. The third kappa shape index (κ3) is 1.43. The van der Waals surface area contributed by atoms with Crippen LogP contribution in [-0.2, 0) is 6.54 Å². The molecule has 2 aliphatic rings. The van der Waals surface area contributed by atoms with Crippen LogP contribution in [0.4, 0.5) is 0 Å². The molecule has 1 N–H and O–H groups in total. The Morgan fingerprint density at radius 2 is 2.12 bits per heavy atom. The number of hydrogen-bond donors (Lipinski definition) is 1. The molecule has 3 rings (SSSR count). The van der Waals surface area contributed by atoms with Gasteiger partial charge in [0.05, 0.1) is 0 Å². The van der Waals surface area contributed by atoms with E-state index in [1.54, 1.807) is 0 Å². The van der Waals surface area contributed by atoms with Crippen molar-refractivity contribution in [2.75, 3.05) is 20.1 Å². The Bertz CT molecular complexity index is 427. The van der Waals surface area contributed by atoms with Crippen LogP contribution >= 0.6 is 0 Å². The number of likely N-dealkylation sites (tertiary alicyclic amines) is 1. The van der Waals surface area contributed by atoms with Crippen LogP contribution in [0.2, 0.25) is 0 Å². The van der Waals surface area contributed by atoms with Gasteiger partial charge in [0.1, 0.15) is 5.84 Å². The third-order valence-electron chi connectivity index (χ3n) is 3.71. The Kier molecular flexibility index (Phi) is 2.21. The van der Waals surface area contributed by atoms with E-state index in [9.17, 15) is 0 Å². The van der Waals surface area contributed by atoms with Gasteiger partial charge in [0.15, 0.2) is 0 Å². The molecule has 1 aromatic carbocycles. The number of rotatable bonds is 1. The molecule has 1 atom stereocenters. The molecule has 1 saturated heterocycles. The second kappa shape index (κ2) is 3.59. The van der Waals surface area contributed by atoms with Crippen LogP contribution in [0.5, 0.6) is 0 Å². The van der Waals surface area contributed by atoms with Gasteiger partial charge in [0, 0.05) is 24.7 Å². The Morgan fingerprint density at radius 1 is 1.31 bits per heavy atom. The van der Waals surface area contributed by atoms with Crippen LogP contribution < -0.4 is 0 Å². The summed E-state index contributed by atoms with van der Waals surface area (Å²) in [6.45, 7) is 3.18.